The van der Waals surface area contributed by atoms with Gasteiger partial charge >= 0.3 is 0 Å². The summed E-state index contributed by atoms with van der Waals surface area (Å²) in [5.41, 5.74) is 0.175. The zero-order chi connectivity index (χ0) is 14.4. The summed E-state index contributed by atoms with van der Waals surface area (Å²) in [6.07, 6.45) is 3.21. The van der Waals surface area contributed by atoms with E-state index in [0.29, 0.717) is 5.75 Å². The number of carbonyl (C=O) groups is 1. The minimum absolute atomic E-state index is 0.000561. The molecule has 0 aromatic heterocycles. The molecule has 1 aliphatic heterocycles. The zero-order valence-electron chi connectivity index (χ0n) is 11.8. The smallest absolute Gasteiger partial charge is 0.220 e. The third-order valence-corrected chi connectivity index (χ3v) is 5.69. The summed E-state index contributed by atoms with van der Waals surface area (Å²) in [4.78, 5) is 13.6. The maximum Gasteiger partial charge on any atom is 0.220 e. The van der Waals surface area contributed by atoms with Crippen molar-refractivity contribution >= 4 is 25.6 Å². The molecule has 0 saturated heterocycles. The molecule has 0 bridgehead atoms. The van der Waals surface area contributed by atoms with Crippen LogP contribution < -0.4 is 0 Å². The van der Waals surface area contributed by atoms with Gasteiger partial charge in [-0.1, -0.05) is 6.08 Å². The van der Waals surface area contributed by atoms with Gasteiger partial charge in [-0.2, -0.15) is 0 Å². The Morgan fingerprint density at radius 1 is 1.33 bits per heavy atom. The Balaban J connectivity index is 3.04. The lowest BCUT2D eigenvalue weighted by molar-refractivity contribution is -0.136. The highest BCUT2D eigenvalue weighted by Crippen LogP contribution is 2.41. The van der Waals surface area contributed by atoms with Gasteiger partial charge in [0.15, 0.2) is 8.87 Å². The van der Waals surface area contributed by atoms with Crippen LogP contribution in [0.25, 0.3) is 0 Å². The topological polar surface area (TPSA) is 54.5 Å². The lowest BCUT2D eigenvalue weighted by atomic mass is 9.99. The molecular weight excluding hydrogens is 271 g/mol. The van der Waals surface area contributed by atoms with Crippen LogP contribution in [0.15, 0.2) is 11.6 Å². The molecule has 1 aliphatic rings. The lowest BCUT2D eigenvalue weighted by Crippen LogP contribution is -2.52. The Hall–Kier alpha value is -0.490. The maximum atomic E-state index is 11.8. The summed E-state index contributed by atoms with van der Waals surface area (Å²) >= 11 is 0. The normalized spacial score (nSPS) is 21.9. The highest BCUT2D eigenvalue weighted by molar-refractivity contribution is 8.71. The Morgan fingerprint density at radius 2 is 1.83 bits per heavy atom. The van der Waals surface area contributed by atoms with E-state index in [0.717, 1.165) is 16.4 Å². The van der Waals surface area contributed by atoms with E-state index < -0.39 is 14.4 Å². The number of nitrogens with zero attached hydrogens (tertiary/aromatic N) is 1. The zero-order valence-corrected chi connectivity index (χ0v) is 13.4. The first-order valence-corrected chi connectivity index (χ1v) is 9.15. The van der Waals surface area contributed by atoms with Crippen molar-refractivity contribution < 1.29 is 13.2 Å². The third-order valence-electron chi connectivity index (χ3n) is 3.19. The molecule has 0 aromatic carbocycles. The number of hydrogen-bond donors (Lipinski definition) is 0. The summed E-state index contributed by atoms with van der Waals surface area (Å²) in [5.74, 6) is 0.402. The van der Waals surface area contributed by atoms with Crippen molar-refractivity contribution in [2.45, 2.75) is 45.7 Å². The first-order valence-electron chi connectivity index (χ1n) is 5.75. The molecule has 0 atom stereocenters. The van der Waals surface area contributed by atoms with E-state index in [2.05, 4.69) is 0 Å². The predicted molar refractivity (Wildman–Crippen MR) is 76.1 cm³/mol. The van der Waals surface area contributed by atoms with Crippen molar-refractivity contribution in [2.75, 3.05) is 12.0 Å². The van der Waals surface area contributed by atoms with Gasteiger partial charge in [0.25, 0.3) is 0 Å². The molecule has 18 heavy (non-hydrogen) atoms. The maximum absolute atomic E-state index is 11.8. The van der Waals surface area contributed by atoms with Crippen molar-refractivity contribution in [1.82, 2.24) is 4.90 Å². The van der Waals surface area contributed by atoms with Gasteiger partial charge in [-0.3, -0.25) is 4.79 Å². The average molecular weight is 292 g/mol. The van der Waals surface area contributed by atoms with Crippen LogP contribution in [0.3, 0.4) is 0 Å². The van der Waals surface area contributed by atoms with E-state index in [-0.39, 0.29) is 11.4 Å². The van der Waals surface area contributed by atoms with Crippen molar-refractivity contribution in [3.8, 4) is 0 Å². The second-order valence-corrected chi connectivity index (χ2v) is 10.2. The average Bonchev–Trinajstić information content (AvgIpc) is 2.26. The first kappa shape index (κ1) is 15.6. The molecule has 0 fully saturated rings. The molecular formula is C12H21NO3S2. The van der Waals surface area contributed by atoms with E-state index in [1.165, 1.54) is 6.26 Å². The molecule has 1 heterocycles. The van der Waals surface area contributed by atoms with Crippen molar-refractivity contribution in [3.63, 3.8) is 0 Å². The second-order valence-electron chi connectivity index (χ2n) is 5.70. The molecule has 0 radical (unpaired) electrons. The number of carbonyl (C=O) groups excluding carboxylic acids is 1. The summed E-state index contributed by atoms with van der Waals surface area (Å²) in [5, 5.41) is 0. The van der Waals surface area contributed by atoms with E-state index in [1.807, 2.05) is 33.8 Å². The summed E-state index contributed by atoms with van der Waals surface area (Å²) in [6.45, 7) is 9.39. The van der Waals surface area contributed by atoms with Gasteiger partial charge in [-0.05, 0) is 44.1 Å². The highest BCUT2D eigenvalue weighted by atomic mass is 33.1. The SMILES string of the molecule is CC(=O)[15N]1C(C)(C)C=C(CSS(C)(=O)=O)C1(C)C. The highest BCUT2D eigenvalue weighted by Gasteiger charge is 2.46. The molecule has 6 heteroatoms. The Bertz CT molecular complexity index is 489. The van der Waals surface area contributed by atoms with Crippen LogP contribution in [0.2, 0.25) is 0 Å². The predicted octanol–water partition coefficient (Wildman–Crippen LogP) is 2.02. The van der Waals surface area contributed by atoms with Gasteiger partial charge in [-0.25, -0.2) is 8.42 Å². The summed E-state index contributed by atoms with van der Waals surface area (Å²) in [7, 11) is -2.15. The molecule has 0 aromatic rings. The van der Waals surface area contributed by atoms with Crippen molar-refractivity contribution in [1.29, 1.82) is 0 Å². The fraction of sp³-hybridized carbons (Fsp3) is 0.750. The quantitative estimate of drug-likeness (QED) is 0.454. The molecule has 104 valence electrons. The van der Waals surface area contributed by atoms with E-state index in [9.17, 15) is 13.2 Å². The minimum atomic E-state index is -3.06. The molecule has 0 aliphatic carbocycles. The fourth-order valence-corrected chi connectivity index (χ4v) is 4.52. The van der Waals surface area contributed by atoms with E-state index in [1.54, 1.807) is 11.8 Å². The molecule has 0 unspecified atom stereocenters. The lowest BCUT2D eigenvalue weighted by Gasteiger charge is -2.41. The summed E-state index contributed by atoms with van der Waals surface area (Å²) in [6, 6.07) is 0. The van der Waals surface area contributed by atoms with Crippen LogP contribution in [-0.4, -0.2) is 42.3 Å². The second kappa shape index (κ2) is 4.56. The van der Waals surface area contributed by atoms with Crippen LogP contribution >= 0.6 is 10.8 Å². The molecule has 1 amide bonds. The summed E-state index contributed by atoms with van der Waals surface area (Å²) < 4.78 is 22.5. The Kier molecular flexibility index (Phi) is 3.94. The van der Waals surface area contributed by atoms with Crippen LogP contribution in [0.4, 0.5) is 0 Å². The van der Waals surface area contributed by atoms with E-state index in [4.69, 9.17) is 0 Å². The van der Waals surface area contributed by atoms with Gasteiger partial charge in [0.1, 0.15) is 0 Å². The van der Waals surface area contributed by atoms with Gasteiger partial charge in [0, 0.05) is 18.9 Å². The standard InChI is InChI=1S/C12H21NO3S2/c1-9(14)13-11(2,3)7-10(12(13,4)5)8-17-18(6,15)16/h7H,8H2,1-6H3/i13+1. The largest absolute Gasteiger partial charge is 0.325 e. The fourth-order valence-electron chi connectivity index (χ4n) is 2.72. The van der Waals surface area contributed by atoms with Gasteiger partial charge in [-0.15, -0.1) is 0 Å². The minimum Gasteiger partial charge on any atom is -0.325 e. The van der Waals surface area contributed by atoms with Crippen LogP contribution in [0.5, 0.6) is 0 Å². The van der Waals surface area contributed by atoms with Crippen molar-refractivity contribution in [3.05, 3.63) is 11.6 Å². The van der Waals surface area contributed by atoms with Crippen molar-refractivity contribution in [2.24, 2.45) is 0 Å². The van der Waals surface area contributed by atoms with Crippen LogP contribution in [-0.2, 0) is 13.7 Å². The van der Waals surface area contributed by atoms with Gasteiger partial charge in [0.05, 0.1) is 11.1 Å². The molecule has 1 rings (SSSR count). The number of hydrogen-bond acceptors (Lipinski definition) is 4. The molecule has 4 nitrogen and oxygen atoms in total. The first-order chi connectivity index (χ1) is 7.88. The van der Waals surface area contributed by atoms with Crippen LogP contribution in [0.1, 0.15) is 34.6 Å². The van der Waals surface area contributed by atoms with Gasteiger partial charge in [0.2, 0.25) is 5.91 Å². The molecule has 0 spiro atoms. The molecule has 0 N–H and O–H groups in total. The number of rotatable bonds is 3. The Morgan fingerprint density at radius 3 is 2.17 bits per heavy atom. The van der Waals surface area contributed by atoms with Crippen LogP contribution in [0, 0.1) is 0 Å². The number of amides is 1. The van der Waals surface area contributed by atoms with E-state index >= 15 is 0 Å². The van der Waals surface area contributed by atoms with Gasteiger partial charge < -0.3 is 4.90 Å². The molecule has 0 saturated carbocycles. The third kappa shape index (κ3) is 3.09. The Labute approximate surface area is 113 Å². The monoisotopic (exact) mass is 292 g/mol.